The van der Waals surface area contributed by atoms with E-state index >= 15 is 0 Å². The third-order valence-electron chi connectivity index (χ3n) is 4.99. The van der Waals surface area contributed by atoms with Crippen LogP contribution in [0, 0.1) is 6.92 Å². The number of benzene rings is 1. The quantitative estimate of drug-likeness (QED) is 0.461. The molecule has 1 aromatic carbocycles. The van der Waals surface area contributed by atoms with Crippen LogP contribution in [0.25, 0.3) is 10.9 Å². The number of hydrazine groups is 1. The van der Waals surface area contributed by atoms with Crippen LogP contribution in [-0.4, -0.2) is 17.5 Å². The Kier molecular flexibility index (Phi) is 4.17. The molecular formula is C18H25N3O2. The monoisotopic (exact) mass is 315 g/mol. The predicted molar refractivity (Wildman–Crippen MR) is 91.0 cm³/mol. The number of aromatic nitrogens is 1. The molecule has 1 atom stereocenters. The number of hydrogen-bond donors (Lipinski definition) is 3. The van der Waals surface area contributed by atoms with Gasteiger partial charge >= 0.3 is 0 Å². The van der Waals surface area contributed by atoms with Crippen LogP contribution in [0.3, 0.4) is 0 Å². The van der Waals surface area contributed by atoms with E-state index < -0.39 is 5.60 Å². The summed E-state index contributed by atoms with van der Waals surface area (Å²) in [5, 5.41) is 1.27. The van der Waals surface area contributed by atoms with Crippen LogP contribution in [-0.2, 0) is 28.0 Å². The van der Waals surface area contributed by atoms with E-state index in [9.17, 15) is 4.79 Å². The van der Waals surface area contributed by atoms with Crippen molar-refractivity contribution in [2.24, 2.45) is 5.84 Å². The number of fused-ring (bicyclic) bond motifs is 3. The van der Waals surface area contributed by atoms with Crippen LogP contribution in [0.5, 0.6) is 0 Å². The van der Waals surface area contributed by atoms with Crippen molar-refractivity contribution in [1.29, 1.82) is 0 Å². The average Bonchev–Trinajstić information content (AvgIpc) is 2.94. The molecule has 0 fully saturated rings. The first-order valence-corrected chi connectivity index (χ1v) is 8.32. The summed E-state index contributed by atoms with van der Waals surface area (Å²) in [7, 11) is 0. The molecule has 5 nitrogen and oxygen atoms in total. The Morgan fingerprint density at radius 1 is 1.43 bits per heavy atom. The molecule has 0 saturated heterocycles. The Morgan fingerprint density at radius 3 is 2.87 bits per heavy atom. The highest BCUT2D eigenvalue weighted by atomic mass is 16.5. The summed E-state index contributed by atoms with van der Waals surface area (Å²) in [5.74, 6) is 5.09. The Morgan fingerprint density at radius 2 is 2.22 bits per heavy atom. The van der Waals surface area contributed by atoms with Gasteiger partial charge in [-0.3, -0.25) is 10.2 Å². The zero-order valence-electron chi connectivity index (χ0n) is 14.1. The third kappa shape index (κ3) is 2.54. The first-order chi connectivity index (χ1) is 11.0. The molecule has 0 radical (unpaired) electrons. The van der Waals surface area contributed by atoms with Gasteiger partial charge in [0.15, 0.2) is 0 Å². The molecule has 0 aliphatic carbocycles. The van der Waals surface area contributed by atoms with Gasteiger partial charge in [-0.05, 0) is 43.4 Å². The molecule has 5 heteroatoms. The molecule has 0 saturated carbocycles. The minimum atomic E-state index is -0.616. The molecule has 0 spiro atoms. The number of amides is 1. The van der Waals surface area contributed by atoms with Crippen LogP contribution in [0.4, 0.5) is 0 Å². The van der Waals surface area contributed by atoms with E-state index in [1.807, 2.05) is 0 Å². The van der Waals surface area contributed by atoms with Gasteiger partial charge in [0.1, 0.15) is 5.60 Å². The number of aromatic amines is 1. The highest BCUT2D eigenvalue weighted by Gasteiger charge is 2.40. The van der Waals surface area contributed by atoms with E-state index in [1.54, 1.807) is 0 Å². The Labute approximate surface area is 136 Å². The number of ether oxygens (including phenoxy) is 1. The topological polar surface area (TPSA) is 80.1 Å². The summed E-state index contributed by atoms with van der Waals surface area (Å²) < 4.78 is 6.10. The summed E-state index contributed by atoms with van der Waals surface area (Å²) in [6.45, 7) is 6.98. The molecule has 0 bridgehead atoms. The minimum Gasteiger partial charge on any atom is -0.368 e. The van der Waals surface area contributed by atoms with Gasteiger partial charge in [0.05, 0.1) is 18.7 Å². The maximum atomic E-state index is 11.9. The SMILES string of the molecule is CCc1cc(C)cc2c3c([nH]c12)C(CC)(CC(=O)NN)OCC3. The predicted octanol–water partition coefficient (Wildman–Crippen LogP) is 2.60. The number of nitrogens with one attached hydrogen (secondary N) is 2. The summed E-state index contributed by atoms with van der Waals surface area (Å²) in [6, 6.07) is 4.46. The smallest absolute Gasteiger partial charge is 0.237 e. The molecule has 3 rings (SSSR count). The first kappa shape index (κ1) is 16.0. The van der Waals surface area contributed by atoms with E-state index in [0.717, 1.165) is 25.0 Å². The van der Waals surface area contributed by atoms with Crippen LogP contribution in [0.2, 0.25) is 0 Å². The van der Waals surface area contributed by atoms with Crippen molar-refractivity contribution in [3.05, 3.63) is 34.5 Å². The van der Waals surface area contributed by atoms with Crippen molar-refractivity contribution >= 4 is 16.8 Å². The second-order valence-corrected chi connectivity index (χ2v) is 6.37. The normalized spacial score (nSPS) is 20.5. The number of hydrogen-bond acceptors (Lipinski definition) is 3. The Hall–Kier alpha value is -1.85. The largest absolute Gasteiger partial charge is 0.368 e. The fourth-order valence-electron chi connectivity index (χ4n) is 3.78. The molecule has 124 valence electrons. The minimum absolute atomic E-state index is 0.203. The molecule has 1 aliphatic rings. The summed E-state index contributed by atoms with van der Waals surface area (Å²) in [4.78, 5) is 15.5. The second kappa shape index (κ2) is 5.98. The molecule has 23 heavy (non-hydrogen) atoms. The van der Waals surface area contributed by atoms with Crippen molar-refractivity contribution in [1.82, 2.24) is 10.4 Å². The lowest BCUT2D eigenvalue weighted by Crippen LogP contribution is -2.42. The number of aryl methyl sites for hydroxylation is 2. The van der Waals surface area contributed by atoms with Gasteiger partial charge in [-0.15, -0.1) is 0 Å². The lowest BCUT2D eigenvalue weighted by molar-refractivity contribution is -0.133. The van der Waals surface area contributed by atoms with E-state index in [-0.39, 0.29) is 12.3 Å². The van der Waals surface area contributed by atoms with Crippen molar-refractivity contribution in [3.63, 3.8) is 0 Å². The molecule has 1 aromatic heterocycles. The van der Waals surface area contributed by atoms with Gasteiger partial charge in [0.2, 0.25) is 5.91 Å². The zero-order chi connectivity index (χ0) is 16.6. The fraction of sp³-hybridized carbons (Fsp3) is 0.500. The van der Waals surface area contributed by atoms with Crippen molar-refractivity contribution in [2.45, 2.75) is 52.1 Å². The maximum Gasteiger partial charge on any atom is 0.237 e. The van der Waals surface area contributed by atoms with E-state index in [0.29, 0.717) is 6.61 Å². The number of nitrogens with two attached hydrogens (primary N) is 1. The maximum absolute atomic E-state index is 11.9. The number of carbonyl (C=O) groups excluding carboxylic acids is 1. The van der Waals surface area contributed by atoms with Gasteiger partial charge in [0.25, 0.3) is 0 Å². The molecule has 1 amide bonds. The number of rotatable bonds is 4. The molecule has 4 N–H and O–H groups in total. The van der Waals surface area contributed by atoms with Gasteiger partial charge in [-0.1, -0.05) is 25.5 Å². The van der Waals surface area contributed by atoms with E-state index in [1.165, 1.54) is 27.6 Å². The van der Waals surface area contributed by atoms with Crippen molar-refractivity contribution in [2.75, 3.05) is 6.61 Å². The standard InChI is InChI=1S/C18H25N3O2/c1-4-12-8-11(3)9-14-13-6-7-23-18(5-2,10-15(22)21-19)17(13)20-16(12)14/h8-9,20H,4-7,10,19H2,1-3H3,(H,21,22). The van der Waals surface area contributed by atoms with Crippen molar-refractivity contribution < 1.29 is 9.53 Å². The molecule has 2 heterocycles. The highest BCUT2D eigenvalue weighted by Crippen LogP contribution is 2.42. The van der Waals surface area contributed by atoms with Crippen LogP contribution in [0.15, 0.2) is 12.1 Å². The van der Waals surface area contributed by atoms with Crippen LogP contribution >= 0.6 is 0 Å². The number of H-pyrrole nitrogens is 1. The van der Waals surface area contributed by atoms with Gasteiger partial charge in [0, 0.05) is 10.9 Å². The van der Waals surface area contributed by atoms with E-state index in [2.05, 4.69) is 43.3 Å². The Bertz CT molecular complexity index is 750. The third-order valence-corrected chi connectivity index (χ3v) is 4.99. The van der Waals surface area contributed by atoms with E-state index in [4.69, 9.17) is 10.6 Å². The van der Waals surface area contributed by atoms with Crippen LogP contribution in [0.1, 0.15) is 49.1 Å². The summed E-state index contributed by atoms with van der Waals surface area (Å²) >= 11 is 0. The van der Waals surface area contributed by atoms with Crippen molar-refractivity contribution in [3.8, 4) is 0 Å². The van der Waals surface area contributed by atoms with Gasteiger partial charge < -0.3 is 9.72 Å². The summed E-state index contributed by atoms with van der Waals surface area (Å²) in [6.07, 6.45) is 2.80. The molecular weight excluding hydrogens is 290 g/mol. The lowest BCUT2D eigenvalue weighted by atomic mass is 9.86. The molecule has 2 aromatic rings. The summed E-state index contributed by atoms with van der Waals surface area (Å²) in [5.41, 5.74) is 7.71. The lowest BCUT2D eigenvalue weighted by Gasteiger charge is -2.36. The van der Waals surface area contributed by atoms with Crippen LogP contribution < -0.4 is 11.3 Å². The molecule has 1 unspecified atom stereocenters. The fourth-order valence-corrected chi connectivity index (χ4v) is 3.78. The second-order valence-electron chi connectivity index (χ2n) is 6.37. The molecule has 1 aliphatic heterocycles. The Balaban J connectivity index is 2.22. The van der Waals surface area contributed by atoms with Gasteiger partial charge in [-0.2, -0.15) is 0 Å². The highest BCUT2D eigenvalue weighted by molar-refractivity contribution is 5.89. The zero-order valence-corrected chi connectivity index (χ0v) is 14.1. The van der Waals surface area contributed by atoms with Gasteiger partial charge in [-0.25, -0.2) is 5.84 Å². The average molecular weight is 315 g/mol. The number of carbonyl (C=O) groups is 1. The first-order valence-electron chi connectivity index (χ1n) is 8.32.